The molecule has 0 aliphatic carbocycles. The number of hydrogen-bond donors (Lipinski definition) is 3. The molecular weight excluding hydrogens is 444 g/mol. The van der Waals surface area contributed by atoms with Crippen molar-refractivity contribution < 1.29 is 14.3 Å². The molecule has 0 saturated carbocycles. The van der Waals surface area contributed by atoms with Gasteiger partial charge in [0, 0.05) is 25.6 Å². The van der Waals surface area contributed by atoms with Crippen LogP contribution in [0, 0.1) is 0 Å². The largest absolute Gasteiger partial charge is 0.493 e. The van der Waals surface area contributed by atoms with E-state index in [9.17, 15) is 9.59 Å². The highest BCUT2D eigenvalue weighted by molar-refractivity contribution is 5.88. The molecule has 4 rings (SSSR count). The van der Waals surface area contributed by atoms with E-state index in [1.165, 1.54) is 6.42 Å². The maximum Gasteiger partial charge on any atom is 0.239 e. The van der Waals surface area contributed by atoms with E-state index in [4.69, 9.17) is 16.2 Å². The van der Waals surface area contributed by atoms with Gasteiger partial charge >= 0.3 is 0 Å². The summed E-state index contributed by atoms with van der Waals surface area (Å²) in [5, 5.41) is 2.92. The molecule has 1 fully saturated rings. The first-order valence-corrected chi connectivity index (χ1v) is 12.2. The number of likely N-dealkylation sites (tertiary alicyclic amines) is 1. The summed E-state index contributed by atoms with van der Waals surface area (Å²) >= 11 is 0. The van der Waals surface area contributed by atoms with Gasteiger partial charge in [0.05, 0.1) is 24.9 Å². The standard InChI is InChI=1S/C26H34N6O3/c27-25(34)23(31-12-5-2-6-13-31)11-14-35-21-10-9-20-17-32(26(28)30-22(20)15-21)18-24(33)29-16-19-7-3-1-4-8-19/h1,3-4,7-10,15,23H,2,5-6,11-14,16-18H2,(H2,27,34)(H2,28,30)(H,29,33). The molecule has 1 unspecified atom stereocenters. The first kappa shape index (κ1) is 24.5. The first-order chi connectivity index (χ1) is 17.0. The number of amides is 2. The molecule has 2 aliphatic rings. The molecule has 0 radical (unpaired) electrons. The molecule has 2 aromatic rings. The summed E-state index contributed by atoms with van der Waals surface area (Å²) in [5.41, 5.74) is 14.5. The third-order valence-corrected chi connectivity index (χ3v) is 6.46. The molecule has 5 N–H and O–H groups in total. The highest BCUT2D eigenvalue weighted by Crippen LogP contribution is 2.29. The number of aliphatic imine (C=N–C) groups is 1. The number of nitrogens with zero attached hydrogens (tertiary/aromatic N) is 3. The second kappa shape index (κ2) is 11.7. The Morgan fingerprint density at radius 3 is 2.60 bits per heavy atom. The molecule has 9 nitrogen and oxygen atoms in total. The monoisotopic (exact) mass is 478 g/mol. The number of guanidine groups is 1. The van der Waals surface area contributed by atoms with E-state index in [2.05, 4.69) is 15.2 Å². The van der Waals surface area contributed by atoms with E-state index < -0.39 is 0 Å². The molecule has 0 bridgehead atoms. The van der Waals surface area contributed by atoms with Crippen LogP contribution in [0.4, 0.5) is 5.69 Å². The molecule has 2 aliphatic heterocycles. The van der Waals surface area contributed by atoms with Crippen molar-refractivity contribution in [3.8, 4) is 5.75 Å². The van der Waals surface area contributed by atoms with Crippen molar-refractivity contribution in [3.05, 3.63) is 59.7 Å². The number of primary amides is 1. The van der Waals surface area contributed by atoms with Gasteiger partial charge in [-0.25, -0.2) is 4.99 Å². The second-order valence-electron chi connectivity index (χ2n) is 9.03. The lowest BCUT2D eigenvalue weighted by atomic mass is 10.1. The van der Waals surface area contributed by atoms with Gasteiger partial charge in [-0.15, -0.1) is 0 Å². The fourth-order valence-corrected chi connectivity index (χ4v) is 4.54. The number of benzene rings is 2. The van der Waals surface area contributed by atoms with Crippen LogP contribution in [-0.4, -0.2) is 59.9 Å². The summed E-state index contributed by atoms with van der Waals surface area (Å²) in [4.78, 5) is 32.8. The maximum atomic E-state index is 12.4. The molecule has 186 valence electrons. The normalized spacial score (nSPS) is 16.7. The SMILES string of the molecule is NC(=O)C(CCOc1ccc2c(c1)N=C(N)N(CC(=O)NCc1ccccc1)C2)N1CCCCC1. The highest BCUT2D eigenvalue weighted by Gasteiger charge is 2.25. The molecule has 1 saturated heterocycles. The van der Waals surface area contributed by atoms with Gasteiger partial charge in [-0.1, -0.05) is 42.8 Å². The highest BCUT2D eigenvalue weighted by atomic mass is 16.5. The van der Waals surface area contributed by atoms with E-state index in [1.807, 2.05) is 48.5 Å². The number of carbonyl (C=O) groups is 2. The van der Waals surface area contributed by atoms with E-state index in [0.29, 0.717) is 37.8 Å². The smallest absolute Gasteiger partial charge is 0.239 e. The van der Waals surface area contributed by atoms with Crippen LogP contribution in [0.3, 0.4) is 0 Å². The molecule has 0 spiro atoms. The van der Waals surface area contributed by atoms with Crippen molar-refractivity contribution in [1.29, 1.82) is 0 Å². The van der Waals surface area contributed by atoms with Crippen LogP contribution < -0.4 is 21.5 Å². The summed E-state index contributed by atoms with van der Waals surface area (Å²) in [7, 11) is 0. The predicted molar refractivity (Wildman–Crippen MR) is 135 cm³/mol. The van der Waals surface area contributed by atoms with E-state index in [0.717, 1.165) is 42.7 Å². The lowest BCUT2D eigenvalue weighted by Gasteiger charge is -2.32. The minimum absolute atomic E-state index is 0.117. The van der Waals surface area contributed by atoms with Gasteiger partial charge < -0.3 is 26.4 Å². The summed E-state index contributed by atoms with van der Waals surface area (Å²) < 4.78 is 5.92. The summed E-state index contributed by atoms with van der Waals surface area (Å²) in [6, 6.07) is 15.1. The Morgan fingerprint density at radius 1 is 1.09 bits per heavy atom. The Kier molecular flexibility index (Phi) is 8.20. The zero-order valence-corrected chi connectivity index (χ0v) is 20.0. The lowest BCUT2D eigenvalue weighted by molar-refractivity contribution is -0.124. The maximum absolute atomic E-state index is 12.4. The minimum atomic E-state index is -0.303. The number of fused-ring (bicyclic) bond motifs is 1. The van der Waals surface area contributed by atoms with Crippen molar-refractivity contribution in [2.75, 3.05) is 26.2 Å². The van der Waals surface area contributed by atoms with Crippen LogP contribution in [0.25, 0.3) is 0 Å². The fourth-order valence-electron chi connectivity index (χ4n) is 4.54. The van der Waals surface area contributed by atoms with Gasteiger partial charge in [0.2, 0.25) is 11.8 Å². The number of ether oxygens (including phenoxy) is 1. The number of hydrogen-bond acceptors (Lipinski definition) is 7. The van der Waals surface area contributed by atoms with Crippen LogP contribution in [0.15, 0.2) is 53.5 Å². The van der Waals surface area contributed by atoms with Crippen molar-refractivity contribution in [2.24, 2.45) is 16.5 Å². The zero-order chi connectivity index (χ0) is 24.6. The molecule has 2 aromatic carbocycles. The van der Waals surface area contributed by atoms with E-state index >= 15 is 0 Å². The van der Waals surface area contributed by atoms with E-state index in [1.54, 1.807) is 4.90 Å². The van der Waals surface area contributed by atoms with Crippen molar-refractivity contribution in [2.45, 2.75) is 44.8 Å². The molecule has 1 atom stereocenters. The summed E-state index contributed by atoms with van der Waals surface area (Å²) in [6.07, 6.45) is 3.94. The summed E-state index contributed by atoms with van der Waals surface area (Å²) in [5.74, 6) is 0.541. The number of nitrogens with two attached hydrogens (primary N) is 2. The van der Waals surface area contributed by atoms with Crippen molar-refractivity contribution >= 4 is 23.5 Å². The van der Waals surface area contributed by atoms with Crippen molar-refractivity contribution in [1.82, 2.24) is 15.1 Å². The number of rotatable bonds is 10. The van der Waals surface area contributed by atoms with E-state index in [-0.39, 0.29) is 24.4 Å². The fraction of sp³-hybridized carbons (Fsp3) is 0.423. The van der Waals surface area contributed by atoms with Gasteiger partial charge in [0.1, 0.15) is 5.75 Å². The van der Waals surface area contributed by atoms with Gasteiger partial charge in [-0.2, -0.15) is 0 Å². The topological polar surface area (TPSA) is 126 Å². The predicted octanol–water partition coefficient (Wildman–Crippen LogP) is 1.87. The van der Waals surface area contributed by atoms with Crippen molar-refractivity contribution in [3.63, 3.8) is 0 Å². The number of carbonyl (C=O) groups excluding carboxylic acids is 2. The van der Waals surface area contributed by atoms with Crippen LogP contribution in [0.2, 0.25) is 0 Å². The molecular formula is C26H34N6O3. The van der Waals surface area contributed by atoms with Crippen LogP contribution >= 0.6 is 0 Å². The molecule has 2 amide bonds. The number of piperidine rings is 1. The lowest BCUT2D eigenvalue weighted by Crippen LogP contribution is -2.47. The Balaban J connectivity index is 1.29. The second-order valence-corrected chi connectivity index (χ2v) is 9.03. The van der Waals surface area contributed by atoms with Gasteiger partial charge in [-0.05, 0) is 43.1 Å². The average Bonchev–Trinajstić information content (AvgIpc) is 2.87. The Bertz CT molecular complexity index is 1050. The van der Waals surface area contributed by atoms with Crippen LogP contribution in [0.1, 0.15) is 36.8 Å². The Hall–Kier alpha value is -3.59. The van der Waals surface area contributed by atoms with Gasteiger partial charge in [-0.3, -0.25) is 14.5 Å². The first-order valence-electron chi connectivity index (χ1n) is 12.2. The Labute approximate surface area is 206 Å². The number of nitrogens with one attached hydrogen (secondary N) is 1. The third-order valence-electron chi connectivity index (χ3n) is 6.46. The Morgan fingerprint density at radius 2 is 1.86 bits per heavy atom. The molecule has 35 heavy (non-hydrogen) atoms. The minimum Gasteiger partial charge on any atom is -0.493 e. The molecule has 9 heteroatoms. The van der Waals surface area contributed by atoms with Crippen LogP contribution in [0.5, 0.6) is 5.75 Å². The molecule has 2 heterocycles. The average molecular weight is 479 g/mol. The third kappa shape index (κ3) is 6.73. The molecule has 0 aromatic heterocycles. The van der Waals surface area contributed by atoms with Gasteiger partial charge in [0.25, 0.3) is 0 Å². The van der Waals surface area contributed by atoms with Gasteiger partial charge in [0.15, 0.2) is 5.96 Å². The zero-order valence-electron chi connectivity index (χ0n) is 20.0. The quantitative estimate of drug-likeness (QED) is 0.479. The summed E-state index contributed by atoms with van der Waals surface area (Å²) in [6.45, 7) is 3.28. The van der Waals surface area contributed by atoms with Crippen LogP contribution in [-0.2, 0) is 22.7 Å².